The second-order valence-corrected chi connectivity index (χ2v) is 6.62. The summed E-state index contributed by atoms with van der Waals surface area (Å²) in [7, 11) is 0. The molecule has 2 nitrogen and oxygen atoms in total. The van der Waals surface area contributed by atoms with Crippen molar-refractivity contribution >= 4 is 0 Å². The van der Waals surface area contributed by atoms with Gasteiger partial charge in [0.25, 0.3) is 0 Å². The number of benzene rings is 1. The molecule has 20 heavy (non-hydrogen) atoms. The molecule has 1 heterocycles. The van der Waals surface area contributed by atoms with E-state index in [9.17, 15) is 0 Å². The number of hydrogen-bond acceptors (Lipinski definition) is 2. The number of nitrogens with one attached hydrogen (secondary N) is 1. The molecule has 0 amide bonds. The van der Waals surface area contributed by atoms with Crippen molar-refractivity contribution in [2.45, 2.75) is 59.7 Å². The molecule has 2 unspecified atom stereocenters. The summed E-state index contributed by atoms with van der Waals surface area (Å²) < 4.78 is 0. The minimum Gasteiger partial charge on any atom is -0.311 e. The van der Waals surface area contributed by atoms with E-state index in [1.165, 1.54) is 29.7 Å². The van der Waals surface area contributed by atoms with Crippen LogP contribution in [0, 0.1) is 19.8 Å². The molecule has 1 aromatic carbocycles. The Morgan fingerprint density at radius 2 is 1.90 bits per heavy atom. The average molecular weight is 274 g/mol. The largest absolute Gasteiger partial charge is 0.311 e. The Morgan fingerprint density at radius 3 is 2.45 bits per heavy atom. The van der Waals surface area contributed by atoms with Crippen LogP contribution < -0.4 is 5.32 Å². The molecule has 0 aromatic heterocycles. The molecule has 0 spiro atoms. The Labute approximate surface area is 124 Å². The second kappa shape index (κ2) is 6.73. The minimum atomic E-state index is 0.627. The van der Waals surface area contributed by atoms with Crippen LogP contribution in [0.2, 0.25) is 0 Å². The van der Waals surface area contributed by atoms with Crippen LogP contribution in [0.25, 0.3) is 0 Å². The van der Waals surface area contributed by atoms with Gasteiger partial charge in [0.2, 0.25) is 0 Å². The quantitative estimate of drug-likeness (QED) is 0.904. The van der Waals surface area contributed by atoms with Gasteiger partial charge in [-0.3, -0.25) is 4.90 Å². The topological polar surface area (TPSA) is 15.3 Å². The predicted octanol–water partition coefficient (Wildman–Crippen LogP) is 3.51. The van der Waals surface area contributed by atoms with E-state index >= 15 is 0 Å². The summed E-state index contributed by atoms with van der Waals surface area (Å²) in [4.78, 5) is 2.69. The van der Waals surface area contributed by atoms with Gasteiger partial charge in [-0.1, -0.05) is 39.0 Å². The van der Waals surface area contributed by atoms with Gasteiger partial charge in [-0.05, 0) is 42.9 Å². The lowest BCUT2D eigenvalue weighted by atomic mass is 9.96. The molecule has 1 saturated heterocycles. The molecular formula is C18H30N2. The molecule has 0 saturated carbocycles. The van der Waals surface area contributed by atoms with Crippen LogP contribution in [-0.4, -0.2) is 30.1 Å². The van der Waals surface area contributed by atoms with Gasteiger partial charge in [0.15, 0.2) is 0 Å². The third kappa shape index (κ3) is 3.42. The standard InChI is InChI=1S/C18H30N2/c1-6-16-10-19-18(13(2)3)12-20(16)11-17-14(4)8-7-9-15(17)5/h7-9,13,16,18-19H,6,10-12H2,1-5H3. The lowest BCUT2D eigenvalue weighted by molar-refractivity contribution is 0.103. The number of aryl methyl sites for hydroxylation is 2. The first kappa shape index (κ1) is 15.5. The van der Waals surface area contributed by atoms with E-state index in [4.69, 9.17) is 0 Å². The fourth-order valence-electron chi connectivity index (χ4n) is 3.23. The molecule has 1 aliphatic rings. The van der Waals surface area contributed by atoms with E-state index in [1.807, 2.05) is 0 Å². The molecule has 1 fully saturated rings. The van der Waals surface area contributed by atoms with E-state index in [1.54, 1.807) is 0 Å². The Morgan fingerprint density at radius 1 is 1.25 bits per heavy atom. The van der Waals surface area contributed by atoms with Crippen molar-refractivity contribution in [2.24, 2.45) is 5.92 Å². The number of hydrogen-bond donors (Lipinski definition) is 1. The fraction of sp³-hybridized carbons (Fsp3) is 0.667. The summed E-state index contributed by atoms with van der Waals surface area (Å²) >= 11 is 0. The third-order valence-electron chi connectivity index (χ3n) is 4.84. The van der Waals surface area contributed by atoms with Crippen LogP contribution in [0.3, 0.4) is 0 Å². The van der Waals surface area contributed by atoms with Gasteiger partial charge in [-0.2, -0.15) is 0 Å². The number of rotatable bonds is 4. The predicted molar refractivity (Wildman–Crippen MR) is 87.0 cm³/mol. The van der Waals surface area contributed by atoms with Crippen molar-refractivity contribution in [1.82, 2.24) is 10.2 Å². The smallest absolute Gasteiger partial charge is 0.0243 e. The molecule has 112 valence electrons. The average Bonchev–Trinajstić information content (AvgIpc) is 2.42. The summed E-state index contributed by atoms with van der Waals surface area (Å²) in [5, 5.41) is 3.72. The summed E-state index contributed by atoms with van der Waals surface area (Å²) in [5.41, 5.74) is 4.38. The van der Waals surface area contributed by atoms with Crippen LogP contribution in [-0.2, 0) is 6.54 Å². The molecule has 1 aliphatic heterocycles. The SMILES string of the molecule is CCC1CNC(C(C)C)CN1Cc1c(C)cccc1C. The highest BCUT2D eigenvalue weighted by atomic mass is 15.2. The fourth-order valence-corrected chi connectivity index (χ4v) is 3.23. The highest BCUT2D eigenvalue weighted by Gasteiger charge is 2.28. The Kier molecular flexibility index (Phi) is 5.22. The molecule has 2 rings (SSSR count). The lowest BCUT2D eigenvalue weighted by Gasteiger charge is -2.42. The molecule has 0 aliphatic carbocycles. The van der Waals surface area contributed by atoms with Crippen molar-refractivity contribution < 1.29 is 0 Å². The molecule has 0 radical (unpaired) electrons. The molecule has 0 bridgehead atoms. The molecule has 2 heteroatoms. The summed E-state index contributed by atoms with van der Waals surface area (Å²) in [6.45, 7) is 14.8. The Balaban J connectivity index is 2.15. The summed E-state index contributed by atoms with van der Waals surface area (Å²) in [6, 6.07) is 7.95. The van der Waals surface area contributed by atoms with E-state index in [2.05, 4.69) is 63.0 Å². The maximum absolute atomic E-state index is 3.72. The van der Waals surface area contributed by atoms with Crippen molar-refractivity contribution in [2.75, 3.05) is 13.1 Å². The van der Waals surface area contributed by atoms with E-state index in [0.717, 1.165) is 13.1 Å². The highest BCUT2D eigenvalue weighted by Crippen LogP contribution is 2.21. The summed E-state index contributed by atoms with van der Waals surface area (Å²) in [5.74, 6) is 0.702. The third-order valence-corrected chi connectivity index (χ3v) is 4.84. The van der Waals surface area contributed by atoms with Crippen LogP contribution >= 0.6 is 0 Å². The highest BCUT2D eigenvalue weighted by molar-refractivity contribution is 5.33. The van der Waals surface area contributed by atoms with E-state index in [-0.39, 0.29) is 0 Å². The zero-order valence-electron chi connectivity index (χ0n) is 13.7. The minimum absolute atomic E-state index is 0.627. The second-order valence-electron chi connectivity index (χ2n) is 6.62. The monoisotopic (exact) mass is 274 g/mol. The van der Waals surface area contributed by atoms with Gasteiger partial charge in [-0.25, -0.2) is 0 Å². The summed E-state index contributed by atoms with van der Waals surface area (Å²) in [6.07, 6.45) is 1.22. The van der Waals surface area contributed by atoms with Gasteiger partial charge in [0.1, 0.15) is 0 Å². The van der Waals surface area contributed by atoms with Gasteiger partial charge < -0.3 is 5.32 Å². The van der Waals surface area contributed by atoms with E-state index in [0.29, 0.717) is 18.0 Å². The van der Waals surface area contributed by atoms with Gasteiger partial charge in [0, 0.05) is 31.7 Å². The van der Waals surface area contributed by atoms with Crippen molar-refractivity contribution in [3.05, 3.63) is 34.9 Å². The first-order valence-electron chi connectivity index (χ1n) is 8.05. The molecule has 2 atom stereocenters. The lowest BCUT2D eigenvalue weighted by Crippen LogP contribution is -2.57. The van der Waals surface area contributed by atoms with E-state index < -0.39 is 0 Å². The van der Waals surface area contributed by atoms with Crippen LogP contribution in [0.15, 0.2) is 18.2 Å². The Bertz CT molecular complexity index is 419. The number of nitrogens with zero attached hydrogens (tertiary/aromatic N) is 1. The first-order valence-corrected chi connectivity index (χ1v) is 8.05. The molecule has 1 N–H and O–H groups in total. The number of piperazine rings is 1. The molecular weight excluding hydrogens is 244 g/mol. The Hall–Kier alpha value is -0.860. The normalized spacial score (nSPS) is 24.3. The van der Waals surface area contributed by atoms with Crippen molar-refractivity contribution in [1.29, 1.82) is 0 Å². The van der Waals surface area contributed by atoms with Crippen molar-refractivity contribution in [3.8, 4) is 0 Å². The van der Waals surface area contributed by atoms with Crippen LogP contribution in [0.5, 0.6) is 0 Å². The van der Waals surface area contributed by atoms with Gasteiger partial charge >= 0.3 is 0 Å². The molecule has 1 aromatic rings. The zero-order chi connectivity index (χ0) is 14.7. The van der Waals surface area contributed by atoms with Crippen LogP contribution in [0.4, 0.5) is 0 Å². The van der Waals surface area contributed by atoms with Gasteiger partial charge in [-0.15, -0.1) is 0 Å². The van der Waals surface area contributed by atoms with Crippen molar-refractivity contribution in [3.63, 3.8) is 0 Å². The van der Waals surface area contributed by atoms with Gasteiger partial charge in [0.05, 0.1) is 0 Å². The first-order chi connectivity index (χ1) is 9.52. The van der Waals surface area contributed by atoms with Crippen LogP contribution in [0.1, 0.15) is 43.9 Å². The maximum atomic E-state index is 3.72. The zero-order valence-corrected chi connectivity index (χ0v) is 13.7. The maximum Gasteiger partial charge on any atom is 0.0243 e.